The van der Waals surface area contributed by atoms with Gasteiger partial charge in [0.05, 0.1) is 16.8 Å². The third kappa shape index (κ3) is 4.26. The van der Waals surface area contributed by atoms with Crippen LogP contribution < -0.4 is 10.9 Å². The van der Waals surface area contributed by atoms with Crippen molar-refractivity contribution in [1.82, 2.24) is 14.3 Å². The van der Waals surface area contributed by atoms with Crippen molar-refractivity contribution in [3.63, 3.8) is 0 Å². The number of anilines is 1. The van der Waals surface area contributed by atoms with E-state index in [1.54, 1.807) is 12.4 Å². The number of nitrogens with zero attached hydrogens (tertiary/aromatic N) is 3. The molecule has 0 fully saturated rings. The fourth-order valence-corrected chi connectivity index (χ4v) is 3.98. The number of nitrogens with one attached hydrogen (secondary N) is 1. The monoisotopic (exact) mass is 448 g/mol. The molecule has 3 aromatic rings. The number of aromatic nitrogens is 3. The van der Waals surface area contributed by atoms with Crippen LogP contribution in [-0.2, 0) is 13.0 Å². The molecule has 2 aliphatic heterocycles. The van der Waals surface area contributed by atoms with E-state index in [0.29, 0.717) is 34.7 Å². The van der Waals surface area contributed by atoms with E-state index in [-0.39, 0.29) is 11.5 Å². The third-order valence-electron chi connectivity index (χ3n) is 5.80. The quantitative estimate of drug-likeness (QED) is 0.397. The second-order valence-corrected chi connectivity index (χ2v) is 8.15. The maximum atomic E-state index is 13.4. The van der Waals surface area contributed by atoms with E-state index in [1.165, 1.54) is 10.2 Å². The van der Waals surface area contributed by atoms with Crippen LogP contribution in [-0.4, -0.2) is 20.3 Å². The molecule has 1 N–H and O–H groups in total. The van der Waals surface area contributed by atoms with E-state index in [0.717, 1.165) is 12.0 Å². The van der Waals surface area contributed by atoms with Crippen molar-refractivity contribution in [3.05, 3.63) is 124 Å². The summed E-state index contributed by atoms with van der Waals surface area (Å²) < 4.78 is 3.22. The molecule has 6 heteroatoms. The zero-order chi connectivity index (χ0) is 23.5. The number of hydrogen-bond acceptors (Lipinski definition) is 3. The SMILES string of the molecule is CCc1ccc(NC(=O)c2cn(Cc3ccccc3)cc3c(=O)n(-c4ccccc4)nc2-3)cc1. The minimum Gasteiger partial charge on any atom is -0.348 e. The van der Waals surface area contributed by atoms with Crippen LogP contribution in [0.5, 0.6) is 0 Å². The first kappa shape index (κ1) is 21.4. The fraction of sp³-hybridized carbons (Fsp3) is 0.107. The van der Waals surface area contributed by atoms with Gasteiger partial charge in [0.15, 0.2) is 0 Å². The van der Waals surface area contributed by atoms with Gasteiger partial charge in [0.25, 0.3) is 11.5 Å². The molecule has 5 rings (SSSR count). The van der Waals surface area contributed by atoms with Crippen LogP contribution in [0.15, 0.2) is 102 Å². The van der Waals surface area contributed by atoms with Crippen LogP contribution in [0.4, 0.5) is 5.69 Å². The predicted molar refractivity (Wildman–Crippen MR) is 134 cm³/mol. The van der Waals surface area contributed by atoms with Gasteiger partial charge in [-0.1, -0.05) is 67.6 Å². The summed E-state index contributed by atoms with van der Waals surface area (Å²) in [4.78, 5) is 26.7. The summed E-state index contributed by atoms with van der Waals surface area (Å²) in [7, 11) is 0. The first-order chi connectivity index (χ1) is 16.6. The predicted octanol–water partition coefficient (Wildman–Crippen LogP) is 5.00. The Hall–Kier alpha value is -4.45. The zero-order valence-corrected chi connectivity index (χ0v) is 18.8. The zero-order valence-electron chi connectivity index (χ0n) is 18.8. The van der Waals surface area contributed by atoms with Crippen molar-refractivity contribution in [3.8, 4) is 16.9 Å². The van der Waals surface area contributed by atoms with Gasteiger partial charge in [-0.05, 0) is 41.8 Å². The number of amides is 1. The second-order valence-electron chi connectivity index (χ2n) is 8.15. The molecule has 0 atom stereocenters. The summed E-state index contributed by atoms with van der Waals surface area (Å²) in [6, 6.07) is 26.9. The number of fused-ring (bicyclic) bond motifs is 1. The summed E-state index contributed by atoms with van der Waals surface area (Å²) in [6.07, 6.45) is 4.45. The van der Waals surface area contributed by atoms with Crippen molar-refractivity contribution >= 4 is 11.6 Å². The number of pyridine rings is 1. The average molecular weight is 449 g/mol. The number of aryl methyl sites for hydroxylation is 1. The number of hydrogen-bond donors (Lipinski definition) is 1. The molecule has 0 saturated carbocycles. The molecular formula is C28H24N4O2. The van der Waals surface area contributed by atoms with Gasteiger partial charge < -0.3 is 9.88 Å². The highest BCUT2D eigenvalue weighted by Crippen LogP contribution is 2.24. The summed E-state index contributed by atoms with van der Waals surface area (Å²) in [5.74, 6) is -0.311. The summed E-state index contributed by atoms with van der Waals surface area (Å²) in [5.41, 5.74) is 4.47. The highest BCUT2D eigenvalue weighted by Gasteiger charge is 2.24. The van der Waals surface area contributed by atoms with Crippen molar-refractivity contribution in [2.24, 2.45) is 0 Å². The van der Waals surface area contributed by atoms with E-state index >= 15 is 0 Å². The Morgan fingerprint density at radius 2 is 1.53 bits per heavy atom. The molecular weight excluding hydrogens is 424 g/mol. The normalized spacial score (nSPS) is 11.0. The largest absolute Gasteiger partial charge is 0.348 e. The van der Waals surface area contributed by atoms with Crippen LogP contribution in [0.25, 0.3) is 16.9 Å². The van der Waals surface area contributed by atoms with Gasteiger partial charge in [-0.25, -0.2) is 0 Å². The van der Waals surface area contributed by atoms with Gasteiger partial charge in [-0.2, -0.15) is 9.78 Å². The highest BCUT2D eigenvalue weighted by atomic mass is 16.2. The first-order valence-electron chi connectivity index (χ1n) is 11.2. The lowest BCUT2D eigenvalue weighted by Gasteiger charge is -2.13. The number of carbonyl (C=O) groups excluding carboxylic acids is 1. The summed E-state index contributed by atoms with van der Waals surface area (Å²) in [5, 5.41) is 7.51. The van der Waals surface area contributed by atoms with Crippen molar-refractivity contribution in [2.45, 2.75) is 19.9 Å². The molecule has 0 saturated heterocycles. The van der Waals surface area contributed by atoms with Crippen LogP contribution in [0.2, 0.25) is 0 Å². The molecule has 3 aromatic carbocycles. The fourth-order valence-electron chi connectivity index (χ4n) is 3.98. The topological polar surface area (TPSA) is 68.9 Å². The molecule has 0 radical (unpaired) electrons. The highest BCUT2D eigenvalue weighted by molar-refractivity contribution is 6.08. The number of benzene rings is 3. The smallest absolute Gasteiger partial charge is 0.282 e. The lowest BCUT2D eigenvalue weighted by Crippen LogP contribution is -2.18. The molecule has 34 heavy (non-hydrogen) atoms. The second kappa shape index (κ2) is 9.19. The van der Waals surface area contributed by atoms with E-state index in [9.17, 15) is 9.59 Å². The Kier molecular flexibility index (Phi) is 5.79. The maximum Gasteiger partial charge on any atom is 0.282 e. The van der Waals surface area contributed by atoms with Crippen LogP contribution >= 0.6 is 0 Å². The third-order valence-corrected chi connectivity index (χ3v) is 5.80. The molecule has 2 aliphatic rings. The number of rotatable bonds is 6. The molecule has 6 nitrogen and oxygen atoms in total. The maximum absolute atomic E-state index is 13.4. The van der Waals surface area contributed by atoms with E-state index in [4.69, 9.17) is 0 Å². The van der Waals surface area contributed by atoms with E-state index in [2.05, 4.69) is 17.3 Å². The number of carbonyl (C=O) groups is 1. The van der Waals surface area contributed by atoms with Gasteiger partial charge in [-0.15, -0.1) is 0 Å². The minimum absolute atomic E-state index is 0.259. The molecule has 0 unspecified atom stereocenters. The molecule has 0 bridgehead atoms. The lowest BCUT2D eigenvalue weighted by atomic mass is 10.1. The van der Waals surface area contributed by atoms with Crippen LogP contribution in [0.1, 0.15) is 28.4 Å². The van der Waals surface area contributed by atoms with Gasteiger partial charge in [-0.3, -0.25) is 9.59 Å². The lowest BCUT2D eigenvalue weighted by molar-refractivity contribution is 0.102. The molecule has 168 valence electrons. The van der Waals surface area contributed by atoms with Gasteiger partial charge in [0, 0.05) is 24.6 Å². The first-order valence-corrected chi connectivity index (χ1v) is 11.2. The number of para-hydroxylation sites is 1. The van der Waals surface area contributed by atoms with E-state index < -0.39 is 0 Å². The molecule has 0 aromatic heterocycles. The molecule has 0 spiro atoms. The van der Waals surface area contributed by atoms with Crippen molar-refractivity contribution < 1.29 is 4.79 Å². The minimum atomic E-state index is -0.311. The van der Waals surface area contributed by atoms with Crippen LogP contribution in [0, 0.1) is 0 Å². The van der Waals surface area contributed by atoms with Crippen molar-refractivity contribution in [2.75, 3.05) is 5.32 Å². The molecule has 2 heterocycles. The summed E-state index contributed by atoms with van der Waals surface area (Å²) >= 11 is 0. The average Bonchev–Trinajstić information content (AvgIpc) is 3.21. The van der Waals surface area contributed by atoms with Gasteiger partial charge >= 0.3 is 0 Å². The Labute approximate surface area is 197 Å². The molecule has 1 amide bonds. The Balaban J connectivity index is 1.60. The van der Waals surface area contributed by atoms with Gasteiger partial charge in [0.1, 0.15) is 5.69 Å². The Morgan fingerprint density at radius 1 is 0.853 bits per heavy atom. The molecule has 0 aliphatic carbocycles. The van der Waals surface area contributed by atoms with Crippen molar-refractivity contribution in [1.29, 1.82) is 0 Å². The Morgan fingerprint density at radius 3 is 2.21 bits per heavy atom. The standard InChI is InChI=1S/C28H24N4O2/c1-2-20-13-15-22(16-14-20)29-27(33)24-18-31(17-21-9-5-3-6-10-21)19-25-26(24)30-32(28(25)34)23-11-7-4-8-12-23/h3-16,18-19H,2,17H2,1H3,(H,29,33). The Bertz CT molecular complexity index is 1450. The van der Waals surface area contributed by atoms with E-state index in [1.807, 2.05) is 89.5 Å². The van der Waals surface area contributed by atoms with Gasteiger partial charge in [0.2, 0.25) is 0 Å². The van der Waals surface area contributed by atoms with Crippen LogP contribution in [0.3, 0.4) is 0 Å². The summed E-state index contributed by atoms with van der Waals surface area (Å²) in [6.45, 7) is 2.61.